The zero-order valence-corrected chi connectivity index (χ0v) is 12.1. The molecular weight excluding hydrogens is 254 g/mol. The van der Waals surface area contributed by atoms with E-state index in [1.807, 2.05) is 17.8 Å². The second-order valence-electron chi connectivity index (χ2n) is 5.09. The Kier molecular flexibility index (Phi) is 4.04. The number of hydrogen-bond acceptors (Lipinski definition) is 3. The summed E-state index contributed by atoms with van der Waals surface area (Å²) >= 11 is 1.82. The molecule has 3 rings (SSSR count). The minimum atomic E-state index is 0.410. The maximum atomic E-state index is 5.77. The highest BCUT2D eigenvalue weighted by atomic mass is 32.2. The first-order valence-electron chi connectivity index (χ1n) is 6.94. The molecule has 1 fully saturated rings. The largest absolute Gasteiger partial charge is 0.377 e. The predicted molar refractivity (Wildman–Crippen MR) is 80.8 cm³/mol. The first kappa shape index (κ1) is 12.9. The van der Waals surface area contributed by atoms with Crippen LogP contribution in [0.4, 0.5) is 0 Å². The van der Waals surface area contributed by atoms with E-state index < -0.39 is 0 Å². The smallest absolute Gasteiger partial charge is 0.0971 e. The zero-order chi connectivity index (χ0) is 13.1. The van der Waals surface area contributed by atoms with Gasteiger partial charge in [-0.2, -0.15) is 0 Å². The van der Waals surface area contributed by atoms with Crippen molar-refractivity contribution in [1.29, 1.82) is 0 Å². The Morgan fingerprint density at radius 3 is 3.05 bits per heavy atom. The molecule has 1 aromatic heterocycles. The van der Waals surface area contributed by atoms with Crippen LogP contribution in [0.25, 0.3) is 10.9 Å². The fraction of sp³-hybridized carbons (Fsp3) is 0.438. The molecule has 3 heteroatoms. The Morgan fingerprint density at radius 2 is 2.21 bits per heavy atom. The number of benzene rings is 1. The molecule has 19 heavy (non-hydrogen) atoms. The Labute approximate surface area is 118 Å². The van der Waals surface area contributed by atoms with Crippen LogP contribution < -0.4 is 0 Å². The predicted octanol–water partition coefficient (Wildman–Crippen LogP) is 4.20. The van der Waals surface area contributed by atoms with Crippen molar-refractivity contribution in [3.05, 3.63) is 35.9 Å². The van der Waals surface area contributed by atoms with Crippen LogP contribution in [0.5, 0.6) is 0 Å². The first-order chi connectivity index (χ1) is 9.33. The molecule has 100 valence electrons. The lowest BCUT2D eigenvalue weighted by molar-refractivity contribution is 0.0315. The maximum absolute atomic E-state index is 5.77. The number of para-hydroxylation sites is 1. The number of ether oxygens (including phenoxy) is 1. The molecule has 0 N–H and O–H groups in total. The van der Waals surface area contributed by atoms with E-state index >= 15 is 0 Å². The van der Waals surface area contributed by atoms with Gasteiger partial charge in [-0.3, -0.25) is 0 Å². The number of rotatable bonds is 3. The van der Waals surface area contributed by atoms with Gasteiger partial charge in [0.25, 0.3) is 0 Å². The number of nitrogens with zero attached hydrogens (tertiary/aromatic N) is 1. The third kappa shape index (κ3) is 3.10. The minimum Gasteiger partial charge on any atom is -0.377 e. The van der Waals surface area contributed by atoms with Crippen molar-refractivity contribution in [2.45, 2.75) is 37.3 Å². The van der Waals surface area contributed by atoms with Gasteiger partial charge >= 0.3 is 0 Å². The van der Waals surface area contributed by atoms with Crippen molar-refractivity contribution in [3.63, 3.8) is 0 Å². The first-order valence-corrected chi connectivity index (χ1v) is 7.92. The second kappa shape index (κ2) is 5.93. The summed E-state index contributed by atoms with van der Waals surface area (Å²) in [7, 11) is 0. The highest BCUT2D eigenvalue weighted by molar-refractivity contribution is 7.99. The van der Waals surface area contributed by atoms with Gasteiger partial charge in [-0.25, -0.2) is 4.98 Å². The Balaban J connectivity index is 1.73. The van der Waals surface area contributed by atoms with E-state index in [0.717, 1.165) is 22.9 Å². The Hall–Kier alpha value is -1.06. The maximum Gasteiger partial charge on any atom is 0.0971 e. The molecule has 1 atom stereocenters. The van der Waals surface area contributed by atoms with E-state index in [4.69, 9.17) is 9.72 Å². The van der Waals surface area contributed by atoms with Crippen LogP contribution in [0, 0.1) is 6.92 Å². The minimum absolute atomic E-state index is 0.410. The summed E-state index contributed by atoms with van der Waals surface area (Å²) in [6, 6.07) is 10.5. The average molecular weight is 273 g/mol. The van der Waals surface area contributed by atoms with E-state index in [9.17, 15) is 0 Å². The van der Waals surface area contributed by atoms with Crippen LogP contribution in [0.3, 0.4) is 0 Å². The molecular formula is C16H19NOS. The molecule has 0 saturated carbocycles. The number of thioether (sulfide) groups is 1. The summed E-state index contributed by atoms with van der Waals surface area (Å²) in [5, 5.41) is 2.37. The van der Waals surface area contributed by atoms with E-state index in [0.29, 0.717) is 6.10 Å². The van der Waals surface area contributed by atoms with Crippen molar-refractivity contribution in [2.75, 3.05) is 12.4 Å². The fourth-order valence-electron chi connectivity index (χ4n) is 2.51. The molecule has 1 aliphatic heterocycles. The van der Waals surface area contributed by atoms with Crippen molar-refractivity contribution >= 4 is 22.7 Å². The van der Waals surface area contributed by atoms with Gasteiger partial charge < -0.3 is 4.74 Å². The SMILES string of the molecule is Cc1cc(SC[C@H]2CCCCO2)nc2ccccc12. The van der Waals surface area contributed by atoms with E-state index in [-0.39, 0.29) is 0 Å². The van der Waals surface area contributed by atoms with Gasteiger partial charge in [0.05, 0.1) is 16.6 Å². The van der Waals surface area contributed by atoms with E-state index in [1.165, 1.54) is 30.2 Å². The summed E-state index contributed by atoms with van der Waals surface area (Å²) in [6.07, 6.45) is 4.12. The lowest BCUT2D eigenvalue weighted by Gasteiger charge is -2.21. The quantitative estimate of drug-likeness (QED) is 0.782. The monoisotopic (exact) mass is 273 g/mol. The molecule has 1 aromatic carbocycles. The van der Waals surface area contributed by atoms with Gasteiger partial charge in [-0.1, -0.05) is 18.2 Å². The van der Waals surface area contributed by atoms with Crippen molar-refractivity contribution < 1.29 is 4.74 Å². The molecule has 0 amide bonds. The van der Waals surface area contributed by atoms with Crippen LogP contribution in [0.15, 0.2) is 35.4 Å². The van der Waals surface area contributed by atoms with Gasteiger partial charge in [-0.15, -0.1) is 11.8 Å². The molecule has 2 heterocycles. The number of fused-ring (bicyclic) bond motifs is 1. The van der Waals surface area contributed by atoms with Crippen molar-refractivity contribution in [2.24, 2.45) is 0 Å². The van der Waals surface area contributed by atoms with Crippen LogP contribution >= 0.6 is 11.8 Å². The molecule has 0 aliphatic carbocycles. The molecule has 0 unspecified atom stereocenters. The fourth-order valence-corrected chi connectivity index (χ4v) is 3.55. The zero-order valence-electron chi connectivity index (χ0n) is 11.3. The van der Waals surface area contributed by atoms with Gasteiger partial charge in [0, 0.05) is 17.7 Å². The Bertz CT molecular complexity index is 564. The highest BCUT2D eigenvalue weighted by Crippen LogP contribution is 2.26. The lowest BCUT2D eigenvalue weighted by Crippen LogP contribution is -2.21. The van der Waals surface area contributed by atoms with Crippen LogP contribution in [0.1, 0.15) is 24.8 Å². The Morgan fingerprint density at radius 1 is 1.32 bits per heavy atom. The number of pyridine rings is 1. The topological polar surface area (TPSA) is 22.1 Å². The molecule has 0 bridgehead atoms. The van der Waals surface area contributed by atoms with Gasteiger partial charge in [0.15, 0.2) is 0 Å². The summed E-state index contributed by atoms with van der Waals surface area (Å²) in [5.74, 6) is 1.02. The van der Waals surface area contributed by atoms with Crippen molar-refractivity contribution in [3.8, 4) is 0 Å². The number of hydrogen-bond donors (Lipinski definition) is 0. The third-order valence-electron chi connectivity index (χ3n) is 3.59. The number of aromatic nitrogens is 1. The molecule has 1 aliphatic rings. The van der Waals surface area contributed by atoms with Crippen LogP contribution in [-0.4, -0.2) is 23.4 Å². The molecule has 2 aromatic rings. The standard InChI is InChI=1S/C16H19NOS/c1-12-10-16(17-15-8-3-2-7-14(12)15)19-11-13-6-4-5-9-18-13/h2-3,7-8,10,13H,4-6,9,11H2,1H3/t13-/m1/s1. The highest BCUT2D eigenvalue weighted by Gasteiger charge is 2.14. The second-order valence-corrected chi connectivity index (χ2v) is 6.13. The molecule has 0 radical (unpaired) electrons. The average Bonchev–Trinajstić information content (AvgIpc) is 2.46. The number of aryl methyl sites for hydroxylation is 1. The summed E-state index contributed by atoms with van der Waals surface area (Å²) in [4.78, 5) is 4.73. The molecule has 2 nitrogen and oxygen atoms in total. The van der Waals surface area contributed by atoms with Crippen molar-refractivity contribution in [1.82, 2.24) is 4.98 Å². The van der Waals surface area contributed by atoms with E-state index in [2.05, 4.69) is 31.2 Å². The normalized spacial score (nSPS) is 19.7. The molecule has 1 saturated heterocycles. The van der Waals surface area contributed by atoms with Gasteiger partial charge in [-0.05, 0) is 43.9 Å². The van der Waals surface area contributed by atoms with E-state index in [1.54, 1.807) is 0 Å². The van der Waals surface area contributed by atoms with Gasteiger partial charge in [0.2, 0.25) is 0 Å². The summed E-state index contributed by atoms with van der Waals surface area (Å²) in [6.45, 7) is 3.08. The third-order valence-corrected chi connectivity index (χ3v) is 4.63. The lowest BCUT2D eigenvalue weighted by atomic mass is 10.1. The summed E-state index contributed by atoms with van der Waals surface area (Å²) in [5.41, 5.74) is 2.40. The molecule has 0 spiro atoms. The summed E-state index contributed by atoms with van der Waals surface area (Å²) < 4.78 is 5.77. The van der Waals surface area contributed by atoms with Gasteiger partial charge in [0.1, 0.15) is 0 Å². The van der Waals surface area contributed by atoms with Crippen LogP contribution in [0.2, 0.25) is 0 Å². The van der Waals surface area contributed by atoms with Crippen LogP contribution in [-0.2, 0) is 4.74 Å².